The minimum Gasteiger partial charge on any atom is -0.366 e. The number of aromatic nitrogens is 1. The Labute approximate surface area is 187 Å². The summed E-state index contributed by atoms with van der Waals surface area (Å²) < 4.78 is 0. The summed E-state index contributed by atoms with van der Waals surface area (Å²) >= 11 is 0. The Balaban J connectivity index is 1.86. The van der Waals surface area contributed by atoms with Gasteiger partial charge in [0.1, 0.15) is 0 Å². The molecule has 2 heterocycles. The second-order valence-electron chi connectivity index (χ2n) is 8.08. The summed E-state index contributed by atoms with van der Waals surface area (Å²) in [6, 6.07) is 11.7. The number of aromatic amines is 1. The van der Waals surface area contributed by atoms with Crippen molar-refractivity contribution in [2.24, 2.45) is 5.73 Å². The molecule has 0 fully saturated rings. The van der Waals surface area contributed by atoms with Gasteiger partial charge in [-0.05, 0) is 74.2 Å². The van der Waals surface area contributed by atoms with Gasteiger partial charge in [0, 0.05) is 28.9 Å². The quantitative estimate of drug-likeness (QED) is 0.449. The number of nitrogens with one attached hydrogen (secondary N) is 3. The standard InChI is InChI=1S/C26H28N4O2/c1-4-15(2)26(32)30-22-7-5-6-18(16(22)3)19-8-9-20(25(27)31)24-21(19)14-23(29-24)17-10-12-28-13-11-17/h4-10,14,28-29H,11-13H2,1-3H3,(H2,27,31)(H,30,32)/b15-4-. The summed E-state index contributed by atoms with van der Waals surface area (Å²) in [6.07, 6.45) is 4.87. The highest BCUT2D eigenvalue weighted by atomic mass is 16.2. The van der Waals surface area contributed by atoms with E-state index in [0.717, 1.165) is 58.5 Å². The number of nitrogens with two attached hydrogens (primary N) is 1. The largest absolute Gasteiger partial charge is 0.366 e. The maximum Gasteiger partial charge on any atom is 0.250 e. The number of hydrogen-bond donors (Lipinski definition) is 4. The van der Waals surface area contributed by atoms with E-state index in [1.165, 1.54) is 5.57 Å². The molecule has 32 heavy (non-hydrogen) atoms. The number of H-pyrrole nitrogens is 1. The van der Waals surface area contributed by atoms with Crippen LogP contribution in [0.15, 0.2) is 54.1 Å². The van der Waals surface area contributed by atoms with Gasteiger partial charge in [-0.15, -0.1) is 0 Å². The molecule has 1 aromatic heterocycles. The van der Waals surface area contributed by atoms with E-state index in [1.54, 1.807) is 19.1 Å². The van der Waals surface area contributed by atoms with E-state index < -0.39 is 5.91 Å². The maximum atomic E-state index is 12.4. The van der Waals surface area contributed by atoms with Gasteiger partial charge in [0.15, 0.2) is 0 Å². The number of carbonyl (C=O) groups excluding carboxylic acids is 2. The van der Waals surface area contributed by atoms with Crippen molar-refractivity contribution in [3.05, 3.63) is 70.9 Å². The highest BCUT2D eigenvalue weighted by Crippen LogP contribution is 2.37. The van der Waals surface area contributed by atoms with Crippen LogP contribution in [0.5, 0.6) is 0 Å². The second kappa shape index (κ2) is 8.85. The Kier molecular flexibility index (Phi) is 5.97. The van der Waals surface area contributed by atoms with Gasteiger partial charge in [-0.2, -0.15) is 0 Å². The molecule has 0 saturated heterocycles. The first-order chi connectivity index (χ1) is 15.4. The molecule has 3 aromatic rings. The zero-order valence-corrected chi connectivity index (χ0v) is 18.6. The van der Waals surface area contributed by atoms with Crippen LogP contribution in [0, 0.1) is 6.92 Å². The minimum absolute atomic E-state index is 0.122. The van der Waals surface area contributed by atoms with Gasteiger partial charge >= 0.3 is 0 Å². The van der Waals surface area contributed by atoms with E-state index in [9.17, 15) is 9.59 Å². The van der Waals surface area contributed by atoms with Crippen LogP contribution in [0.2, 0.25) is 0 Å². The average Bonchev–Trinajstić information content (AvgIpc) is 3.25. The fourth-order valence-corrected chi connectivity index (χ4v) is 4.11. The molecular formula is C26H28N4O2. The normalized spacial score (nSPS) is 14.3. The van der Waals surface area contributed by atoms with Crippen molar-refractivity contribution in [2.75, 3.05) is 18.4 Å². The molecular weight excluding hydrogens is 400 g/mol. The molecule has 1 aliphatic rings. The smallest absolute Gasteiger partial charge is 0.250 e. The highest BCUT2D eigenvalue weighted by molar-refractivity contribution is 6.11. The van der Waals surface area contributed by atoms with Crippen LogP contribution in [0.4, 0.5) is 5.69 Å². The summed E-state index contributed by atoms with van der Waals surface area (Å²) in [5.41, 5.74) is 13.5. The first-order valence-electron chi connectivity index (χ1n) is 10.8. The molecule has 1 aliphatic heterocycles. The van der Waals surface area contributed by atoms with Crippen LogP contribution < -0.4 is 16.4 Å². The maximum absolute atomic E-state index is 12.4. The van der Waals surface area contributed by atoms with E-state index >= 15 is 0 Å². The van der Waals surface area contributed by atoms with Gasteiger partial charge in [-0.1, -0.05) is 30.4 Å². The molecule has 0 spiro atoms. The number of fused-ring (bicyclic) bond motifs is 1. The monoisotopic (exact) mass is 428 g/mol. The van der Waals surface area contributed by atoms with Crippen LogP contribution >= 0.6 is 0 Å². The van der Waals surface area contributed by atoms with Gasteiger partial charge in [-0.25, -0.2) is 0 Å². The van der Waals surface area contributed by atoms with Gasteiger partial charge in [0.25, 0.3) is 11.8 Å². The van der Waals surface area contributed by atoms with E-state index in [4.69, 9.17) is 5.73 Å². The molecule has 4 rings (SSSR count). The van der Waals surface area contributed by atoms with Crippen molar-refractivity contribution in [1.29, 1.82) is 0 Å². The molecule has 2 amide bonds. The SMILES string of the molecule is C/C=C(/C)C(=O)Nc1cccc(-c2ccc(C(N)=O)c3[nH]c(C4=CCNCC4)cc23)c1C. The first-order valence-corrected chi connectivity index (χ1v) is 10.8. The van der Waals surface area contributed by atoms with Crippen LogP contribution in [0.1, 0.15) is 41.9 Å². The van der Waals surface area contributed by atoms with Crippen LogP contribution in [0.3, 0.4) is 0 Å². The summed E-state index contributed by atoms with van der Waals surface area (Å²) in [7, 11) is 0. The van der Waals surface area contributed by atoms with Gasteiger partial charge in [0.2, 0.25) is 0 Å². The van der Waals surface area contributed by atoms with Gasteiger partial charge in [-0.3, -0.25) is 9.59 Å². The number of benzene rings is 2. The summed E-state index contributed by atoms with van der Waals surface area (Å²) in [4.78, 5) is 28.0. The molecule has 0 bridgehead atoms. The lowest BCUT2D eigenvalue weighted by Crippen LogP contribution is -2.20. The number of hydrogen-bond acceptors (Lipinski definition) is 3. The molecule has 6 heteroatoms. The number of amides is 2. The lowest BCUT2D eigenvalue weighted by molar-refractivity contribution is -0.112. The Morgan fingerprint density at radius 3 is 2.66 bits per heavy atom. The number of primary amides is 1. The summed E-state index contributed by atoms with van der Waals surface area (Å²) in [5.74, 6) is -0.586. The molecule has 0 aliphatic carbocycles. The predicted octanol–water partition coefficient (Wildman–Crippen LogP) is 4.52. The zero-order valence-electron chi connectivity index (χ0n) is 18.6. The number of allylic oxidation sites excluding steroid dienone is 1. The van der Waals surface area contributed by atoms with Crippen molar-refractivity contribution >= 4 is 34.0 Å². The minimum atomic E-state index is -0.464. The third kappa shape index (κ3) is 3.97. The summed E-state index contributed by atoms with van der Waals surface area (Å²) in [5, 5.41) is 7.26. The molecule has 0 radical (unpaired) electrons. The van der Waals surface area contributed by atoms with E-state index in [-0.39, 0.29) is 5.91 Å². The van der Waals surface area contributed by atoms with Gasteiger partial charge in [0.05, 0.1) is 11.1 Å². The lowest BCUT2D eigenvalue weighted by Gasteiger charge is -2.14. The van der Waals surface area contributed by atoms with Crippen molar-refractivity contribution in [3.63, 3.8) is 0 Å². The fourth-order valence-electron chi connectivity index (χ4n) is 4.11. The van der Waals surface area contributed by atoms with E-state index in [0.29, 0.717) is 11.1 Å². The van der Waals surface area contributed by atoms with E-state index in [2.05, 4.69) is 27.8 Å². The third-order valence-corrected chi connectivity index (χ3v) is 6.13. The zero-order chi connectivity index (χ0) is 22.8. The lowest BCUT2D eigenvalue weighted by atomic mass is 9.94. The Hall–Kier alpha value is -3.64. The van der Waals surface area contributed by atoms with Crippen molar-refractivity contribution in [1.82, 2.24) is 10.3 Å². The topological polar surface area (TPSA) is 100 Å². The van der Waals surface area contributed by atoms with Gasteiger partial charge < -0.3 is 21.4 Å². The van der Waals surface area contributed by atoms with Crippen molar-refractivity contribution in [2.45, 2.75) is 27.2 Å². The van der Waals surface area contributed by atoms with Crippen LogP contribution in [-0.2, 0) is 4.79 Å². The number of rotatable bonds is 5. The highest BCUT2D eigenvalue weighted by Gasteiger charge is 2.18. The average molecular weight is 429 g/mol. The first kappa shape index (κ1) is 21.6. The third-order valence-electron chi connectivity index (χ3n) is 6.13. The Morgan fingerprint density at radius 1 is 1.16 bits per heavy atom. The predicted molar refractivity (Wildman–Crippen MR) is 131 cm³/mol. The van der Waals surface area contributed by atoms with Crippen molar-refractivity contribution < 1.29 is 9.59 Å². The second-order valence-corrected chi connectivity index (χ2v) is 8.08. The Morgan fingerprint density at radius 2 is 1.97 bits per heavy atom. The van der Waals surface area contributed by atoms with Crippen LogP contribution in [0.25, 0.3) is 27.6 Å². The number of carbonyl (C=O) groups is 2. The fraction of sp³-hybridized carbons (Fsp3) is 0.231. The molecule has 0 saturated carbocycles. The Bertz CT molecular complexity index is 1280. The summed E-state index contributed by atoms with van der Waals surface area (Å²) in [6.45, 7) is 7.37. The van der Waals surface area contributed by atoms with E-state index in [1.807, 2.05) is 38.1 Å². The number of anilines is 1. The molecule has 0 unspecified atom stereocenters. The molecule has 164 valence electrons. The molecule has 0 atom stereocenters. The molecule has 6 nitrogen and oxygen atoms in total. The van der Waals surface area contributed by atoms with Crippen LogP contribution in [-0.4, -0.2) is 29.9 Å². The van der Waals surface area contributed by atoms with Crippen molar-refractivity contribution in [3.8, 4) is 11.1 Å². The molecule has 2 aromatic carbocycles. The molecule has 5 N–H and O–H groups in total.